The lowest BCUT2D eigenvalue weighted by Crippen LogP contribution is -2.08. The number of amides is 1. The molecule has 3 rings (SSSR count). The summed E-state index contributed by atoms with van der Waals surface area (Å²) in [5.41, 5.74) is 9.41. The number of nitrogens with zero attached hydrogens (tertiary/aromatic N) is 1. The minimum atomic E-state index is -0.0964. The molecule has 0 bridgehead atoms. The first-order chi connectivity index (χ1) is 8.15. The second kappa shape index (κ2) is 3.56. The Balaban J connectivity index is 2.08. The number of thiazole rings is 1. The number of carbonyl (C=O) groups is 1. The van der Waals surface area contributed by atoms with E-state index >= 15 is 0 Å². The molecule has 2 heterocycles. The highest BCUT2D eigenvalue weighted by molar-refractivity contribution is 7.13. The molecule has 0 saturated heterocycles. The molecule has 1 amide bonds. The molecule has 1 unspecified atom stereocenters. The Morgan fingerprint density at radius 3 is 3.00 bits per heavy atom. The number of fused-ring (bicyclic) bond motifs is 1. The average Bonchev–Trinajstić information content (AvgIpc) is 2.85. The first-order valence-corrected chi connectivity index (χ1v) is 6.19. The zero-order valence-electron chi connectivity index (χ0n) is 9.23. The number of nitrogens with two attached hydrogens (primary N) is 1. The summed E-state index contributed by atoms with van der Waals surface area (Å²) in [6, 6.07) is 5.87. The first kappa shape index (κ1) is 10.3. The number of hydrogen-bond donors (Lipinski definition) is 2. The van der Waals surface area contributed by atoms with Gasteiger partial charge in [-0.3, -0.25) is 4.79 Å². The molecule has 2 aromatic rings. The number of benzene rings is 1. The van der Waals surface area contributed by atoms with E-state index in [1.807, 2.05) is 30.5 Å². The first-order valence-electron chi connectivity index (χ1n) is 5.31. The van der Waals surface area contributed by atoms with E-state index in [-0.39, 0.29) is 11.8 Å². The third-order valence-corrected chi connectivity index (χ3v) is 3.66. The van der Waals surface area contributed by atoms with Gasteiger partial charge in [0.15, 0.2) is 5.13 Å². The summed E-state index contributed by atoms with van der Waals surface area (Å²) in [6.45, 7) is 1.90. The van der Waals surface area contributed by atoms with Gasteiger partial charge >= 0.3 is 0 Å². The molecule has 1 aromatic heterocycles. The number of carbonyl (C=O) groups excluding carboxylic acids is 1. The van der Waals surface area contributed by atoms with Crippen LogP contribution < -0.4 is 11.1 Å². The van der Waals surface area contributed by atoms with Gasteiger partial charge in [-0.15, -0.1) is 11.3 Å². The molecule has 0 radical (unpaired) electrons. The lowest BCUT2D eigenvalue weighted by Gasteiger charge is -2.03. The largest absolute Gasteiger partial charge is 0.375 e. The van der Waals surface area contributed by atoms with Crippen LogP contribution in [0.25, 0.3) is 11.3 Å². The third-order valence-electron chi connectivity index (χ3n) is 2.99. The minimum Gasteiger partial charge on any atom is -0.375 e. The topological polar surface area (TPSA) is 68.0 Å². The average molecular weight is 245 g/mol. The Morgan fingerprint density at radius 1 is 1.47 bits per heavy atom. The van der Waals surface area contributed by atoms with Gasteiger partial charge in [-0.25, -0.2) is 4.98 Å². The fourth-order valence-electron chi connectivity index (χ4n) is 2.00. The van der Waals surface area contributed by atoms with Crippen LogP contribution in [0.1, 0.15) is 18.4 Å². The van der Waals surface area contributed by atoms with E-state index in [0.717, 1.165) is 22.5 Å². The maximum absolute atomic E-state index is 11.5. The van der Waals surface area contributed by atoms with Crippen LogP contribution in [0.3, 0.4) is 0 Å². The molecule has 17 heavy (non-hydrogen) atoms. The molecule has 1 atom stereocenters. The normalized spacial score (nSPS) is 17.9. The highest BCUT2D eigenvalue weighted by atomic mass is 32.1. The van der Waals surface area contributed by atoms with Crippen molar-refractivity contribution in [2.45, 2.75) is 12.8 Å². The van der Waals surface area contributed by atoms with E-state index in [1.165, 1.54) is 11.3 Å². The van der Waals surface area contributed by atoms with Gasteiger partial charge in [0.2, 0.25) is 5.91 Å². The minimum absolute atomic E-state index is 0.0509. The molecular formula is C12H11N3OS. The Morgan fingerprint density at radius 2 is 2.29 bits per heavy atom. The van der Waals surface area contributed by atoms with E-state index in [4.69, 9.17) is 5.73 Å². The van der Waals surface area contributed by atoms with Crippen molar-refractivity contribution in [2.75, 3.05) is 11.1 Å². The number of anilines is 2. The molecule has 86 valence electrons. The standard InChI is InChI=1S/C12H11N3OS/c1-6-8-4-7(10-5-17-12(13)15-10)2-3-9(8)14-11(6)16/h2-6H,1H3,(H2,13,15)(H,14,16). The van der Waals surface area contributed by atoms with Crippen molar-refractivity contribution in [2.24, 2.45) is 0 Å². The van der Waals surface area contributed by atoms with E-state index < -0.39 is 0 Å². The van der Waals surface area contributed by atoms with Crippen LogP contribution in [-0.4, -0.2) is 10.9 Å². The Labute approximate surface area is 102 Å². The molecule has 4 nitrogen and oxygen atoms in total. The summed E-state index contributed by atoms with van der Waals surface area (Å²) >= 11 is 1.42. The number of nitrogen functional groups attached to an aromatic ring is 1. The number of hydrogen-bond acceptors (Lipinski definition) is 4. The quantitative estimate of drug-likeness (QED) is 0.810. The summed E-state index contributed by atoms with van der Waals surface area (Å²) in [5, 5.41) is 5.33. The van der Waals surface area contributed by atoms with E-state index in [1.54, 1.807) is 0 Å². The fourth-order valence-corrected chi connectivity index (χ4v) is 2.57. The summed E-state index contributed by atoms with van der Waals surface area (Å²) in [7, 11) is 0. The van der Waals surface area contributed by atoms with Crippen molar-refractivity contribution >= 4 is 28.1 Å². The van der Waals surface area contributed by atoms with Gasteiger partial charge in [0, 0.05) is 16.6 Å². The van der Waals surface area contributed by atoms with E-state index in [9.17, 15) is 4.79 Å². The SMILES string of the molecule is CC1C(=O)Nc2ccc(-c3csc(N)n3)cc21. The highest BCUT2D eigenvalue weighted by Gasteiger charge is 2.26. The number of rotatable bonds is 1. The Bertz CT molecular complexity index is 606. The van der Waals surface area contributed by atoms with Gasteiger partial charge in [0.1, 0.15) is 0 Å². The van der Waals surface area contributed by atoms with Crippen molar-refractivity contribution in [1.29, 1.82) is 0 Å². The van der Waals surface area contributed by atoms with Gasteiger partial charge in [-0.2, -0.15) is 0 Å². The number of aromatic nitrogens is 1. The molecule has 1 aromatic carbocycles. The lowest BCUT2D eigenvalue weighted by molar-refractivity contribution is -0.116. The molecule has 0 saturated carbocycles. The van der Waals surface area contributed by atoms with E-state index in [2.05, 4.69) is 10.3 Å². The maximum Gasteiger partial charge on any atom is 0.231 e. The predicted octanol–water partition coefficient (Wildman–Crippen LogP) is 2.45. The summed E-state index contributed by atoms with van der Waals surface area (Å²) in [6.07, 6.45) is 0. The van der Waals surface area contributed by atoms with Gasteiger partial charge in [-0.1, -0.05) is 6.07 Å². The molecule has 1 aliphatic rings. The molecule has 0 aliphatic carbocycles. The van der Waals surface area contributed by atoms with Gasteiger partial charge in [-0.05, 0) is 24.6 Å². The van der Waals surface area contributed by atoms with Crippen molar-refractivity contribution < 1.29 is 4.79 Å². The highest BCUT2D eigenvalue weighted by Crippen LogP contribution is 2.35. The van der Waals surface area contributed by atoms with Crippen LogP contribution in [-0.2, 0) is 4.79 Å². The second-order valence-corrected chi connectivity index (χ2v) is 4.97. The molecule has 0 spiro atoms. The predicted molar refractivity (Wildman–Crippen MR) is 69.0 cm³/mol. The molecule has 1 aliphatic heterocycles. The molecule has 0 fully saturated rings. The zero-order chi connectivity index (χ0) is 12.0. The van der Waals surface area contributed by atoms with Crippen LogP contribution in [0.2, 0.25) is 0 Å². The van der Waals surface area contributed by atoms with E-state index in [0.29, 0.717) is 5.13 Å². The Kier molecular flexibility index (Phi) is 2.16. The van der Waals surface area contributed by atoms with Crippen LogP contribution in [0.5, 0.6) is 0 Å². The molecule has 3 N–H and O–H groups in total. The maximum atomic E-state index is 11.5. The van der Waals surface area contributed by atoms with Gasteiger partial charge in [0.25, 0.3) is 0 Å². The zero-order valence-corrected chi connectivity index (χ0v) is 10.0. The molecular weight excluding hydrogens is 234 g/mol. The van der Waals surface area contributed by atoms with Crippen LogP contribution in [0.4, 0.5) is 10.8 Å². The summed E-state index contributed by atoms with van der Waals surface area (Å²) in [5.74, 6) is -0.0455. The van der Waals surface area contributed by atoms with Crippen molar-refractivity contribution in [3.05, 3.63) is 29.1 Å². The lowest BCUT2D eigenvalue weighted by atomic mass is 10.00. The third kappa shape index (κ3) is 1.59. The second-order valence-electron chi connectivity index (χ2n) is 4.08. The van der Waals surface area contributed by atoms with Crippen molar-refractivity contribution in [3.8, 4) is 11.3 Å². The monoisotopic (exact) mass is 245 g/mol. The van der Waals surface area contributed by atoms with Crippen LogP contribution in [0, 0.1) is 0 Å². The van der Waals surface area contributed by atoms with Crippen molar-refractivity contribution in [1.82, 2.24) is 4.98 Å². The smallest absolute Gasteiger partial charge is 0.231 e. The van der Waals surface area contributed by atoms with Gasteiger partial charge in [0.05, 0.1) is 11.6 Å². The number of nitrogens with one attached hydrogen (secondary N) is 1. The summed E-state index contributed by atoms with van der Waals surface area (Å²) < 4.78 is 0. The van der Waals surface area contributed by atoms with Crippen molar-refractivity contribution in [3.63, 3.8) is 0 Å². The Hall–Kier alpha value is -1.88. The van der Waals surface area contributed by atoms with Gasteiger partial charge < -0.3 is 11.1 Å². The fraction of sp³-hybridized carbons (Fsp3) is 0.167. The molecule has 5 heteroatoms. The van der Waals surface area contributed by atoms with Crippen LogP contribution >= 0.6 is 11.3 Å². The summed E-state index contributed by atoms with van der Waals surface area (Å²) in [4.78, 5) is 15.8. The van der Waals surface area contributed by atoms with Crippen LogP contribution in [0.15, 0.2) is 23.6 Å².